The third kappa shape index (κ3) is 2.16. The van der Waals surface area contributed by atoms with Crippen molar-refractivity contribution in [2.45, 2.75) is 32.2 Å². The zero-order valence-corrected chi connectivity index (χ0v) is 11.9. The topological polar surface area (TPSA) is 55.1 Å². The molecule has 4 rings (SSSR count). The molecule has 1 aliphatic carbocycles. The molecule has 20 heavy (non-hydrogen) atoms. The van der Waals surface area contributed by atoms with Crippen molar-refractivity contribution < 1.29 is 0 Å². The molecule has 5 nitrogen and oxygen atoms in total. The highest BCUT2D eigenvalue weighted by Gasteiger charge is 2.13. The molecule has 1 N–H and O–H groups in total. The number of hydrogen-bond donors (Lipinski definition) is 1. The van der Waals surface area contributed by atoms with E-state index in [0.717, 1.165) is 18.0 Å². The Bertz CT molecular complexity index is 721. The third-order valence-corrected chi connectivity index (χ3v) is 4.89. The molecule has 0 amide bonds. The van der Waals surface area contributed by atoms with Gasteiger partial charge in [0.1, 0.15) is 12.1 Å². The van der Waals surface area contributed by atoms with Crippen LogP contribution in [0.5, 0.6) is 0 Å². The van der Waals surface area contributed by atoms with Crippen molar-refractivity contribution in [3.8, 4) is 0 Å². The number of nitrogens with zero attached hydrogens (tertiary/aromatic N) is 4. The highest BCUT2D eigenvalue weighted by molar-refractivity contribution is 7.12. The van der Waals surface area contributed by atoms with Gasteiger partial charge in [-0.15, -0.1) is 26.6 Å². The van der Waals surface area contributed by atoms with Crippen molar-refractivity contribution in [3.63, 3.8) is 0 Å². The maximum absolute atomic E-state index is 4.42. The molecule has 0 aliphatic heterocycles. The number of fused-ring (bicyclic) bond motifs is 2. The van der Waals surface area contributed by atoms with E-state index in [4.69, 9.17) is 0 Å². The van der Waals surface area contributed by atoms with Gasteiger partial charge in [0.25, 0.3) is 0 Å². The number of thiophene rings is 1. The van der Waals surface area contributed by atoms with Crippen LogP contribution in [0.1, 0.15) is 28.2 Å². The van der Waals surface area contributed by atoms with Crippen LogP contribution in [0.15, 0.2) is 24.5 Å². The average Bonchev–Trinajstić information content (AvgIpc) is 3.10. The van der Waals surface area contributed by atoms with Crippen LogP contribution >= 0.6 is 11.3 Å². The van der Waals surface area contributed by atoms with Gasteiger partial charge in [-0.25, -0.2) is 0 Å². The van der Waals surface area contributed by atoms with Crippen LogP contribution in [-0.2, 0) is 19.4 Å². The fourth-order valence-electron chi connectivity index (χ4n) is 2.64. The normalized spacial score (nSPS) is 14.4. The van der Waals surface area contributed by atoms with Crippen molar-refractivity contribution in [1.82, 2.24) is 19.8 Å². The van der Waals surface area contributed by atoms with Crippen molar-refractivity contribution >= 4 is 22.8 Å². The zero-order valence-electron chi connectivity index (χ0n) is 11.0. The molecule has 102 valence electrons. The van der Waals surface area contributed by atoms with E-state index in [-0.39, 0.29) is 0 Å². The first-order valence-corrected chi connectivity index (χ1v) is 7.71. The summed E-state index contributed by atoms with van der Waals surface area (Å²) in [5.41, 5.74) is 2.32. The maximum Gasteiger partial charge on any atom is 0.177 e. The average molecular weight is 285 g/mol. The van der Waals surface area contributed by atoms with Gasteiger partial charge < -0.3 is 5.32 Å². The molecule has 0 spiro atoms. The van der Waals surface area contributed by atoms with Gasteiger partial charge in [0.05, 0.1) is 6.54 Å². The minimum absolute atomic E-state index is 0.766. The van der Waals surface area contributed by atoms with Crippen LogP contribution in [-0.4, -0.2) is 19.8 Å². The van der Waals surface area contributed by atoms with Gasteiger partial charge in [-0.2, -0.15) is 4.52 Å². The fourth-order valence-corrected chi connectivity index (χ4v) is 3.84. The lowest BCUT2D eigenvalue weighted by Gasteiger charge is -2.08. The highest BCUT2D eigenvalue weighted by atomic mass is 32.1. The van der Waals surface area contributed by atoms with Crippen LogP contribution in [0.25, 0.3) is 5.65 Å². The molecule has 3 heterocycles. The molecule has 0 fully saturated rings. The van der Waals surface area contributed by atoms with Crippen LogP contribution in [0.3, 0.4) is 0 Å². The van der Waals surface area contributed by atoms with Gasteiger partial charge in [0, 0.05) is 9.75 Å². The predicted molar refractivity (Wildman–Crippen MR) is 79.1 cm³/mol. The van der Waals surface area contributed by atoms with Crippen molar-refractivity contribution in [1.29, 1.82) is 0 Å². The molecular formula is C14H15N5S. The summed E-state index contributed by atoms with van der Waals surface area (Å²) in [5, 5.41) is 15.6. The van der Waals surface area contributed by atoms with Crippen LogP contribution < -0.4 is 5.32 Å². The summed E-state index contributed by atoms with van der Waals surface area (Å²) < 4.78 is 1.68. The smallest absolute Gasteiger partial charge is 0.177 e. The second-order valence-corrected chi connectivity index (χ2v) is 6.30. The second-order valence-electron chi connectivity index (χ2n) is 5.07. The summed E-state index contributed by atoms with van der Waals surface area (Å²) in [7, 11) is 0. The molecule has 0 aromatic carbocycles. The molecule has 0 saturated heterocycles. The van der Waals surface area contributed by atoms with Crippen molar-refractivity contribution in [2.75, 3.05) is 5.32 Å². The summed E-state index contributed by atoms with van der Waals surface area (Å²) in [6.45, 7) is 0.832. The van der Waals surface area contributed by atoms with Gasteiger partial charge >= 0.3 is 0 Å². The van der Waals surface area contributed by atoms with Gasteiger partial charge in [-0.3, -0.25) is 0 Å². The molecule has 3 aromatic rings. The Morgan fingerprint density at radius 1 is 1.25 bits per heavy atom. The minimum Gasteiger partial charge on any atom is -0.364 e. The molecule has 0 unspecified atom stereocenters. The van der Waals surface area contributed by atoms with Gasteiger partial charge in [-0.05, 0) is 49.4 Å². The Balaban J connectivity index is 1.50. The SMILES string of the molecule is c1cc2nncn2nc1NCc1cc2c(s1)CCCC2. The molecule has 0 bridgehead atoms. The van der Waals surface area contributed by atoms with E-state index >= 15 is 0 Å². The molecule has 1 aliphatic rings. The van der Waals surface area contributed by atoms with Gasteiger partial charge in [0.15, 0.2) is 5.65 Å². The van der Waals surface area contributed by atoms with Crippen LogP contribution in [0.4, 0.5) is 5.82 Å². The van der Waals surface area contributed by atoms with Crippen molar-refractivity contribution in [2.24, 2.45) is 0 Å². The number of aryl methyl sites for hydroxylation is 2. The monoisotopic (exact) mass is 285 g/mol. The van der Waals surface area contributed by atoms with E-state index in [2.05, 4.69) is 26.7 Å². The first-order valence-electron chi connectivity index (χ1n) is 6.90. The quantitative estimate of drug-likeness (QED) is 0.804. The number of rotatable bonds is 3. The Morgan fingerprint density at radius 3 is 3.15 bits per heavy atom. The Labute approximate surface area is 120 Å². The Morgan fingerprint density at radius 2 is 2.20 bits per heavy atom. The van der Waals surface area contributed by atoms with E-state index in [1.54, 1.807) is 21.3 Å². The summed E-state index contributed by atoms with van der Waals surface area (Å²) in [6.07, 6.45) is 6.79. The van der Waals surface area contributed by atoms with E-state index in [1.807, 2.05) is 23.5 Å². The molecule has 0 saturated carbocycles. The molecular weight excluding hydrogens is 270 g/mol. The summed E-state index contributed by atoms with van der Waals surface area (Å²) in [5.74, 6) is 0.851. The van der Waals surface area contributed by atoms with Crippen LogP contribution in [0, 0.1) is 0 Å². The first-order chi connectivity index (χ1) is 9.88. The van der Waals surface area contributed by atoms with E-state index < -0.39 is 0 Å². The first kappa shape index (κ1) is 11.8. The number of anilines is 1. The lowest BCUT2D eigenvalue weighted by atomic mass is 9.99. The number of aromatic nitrogens is 4. The van der Waals surface area contributed by atoms with E-state index in [0.29, 0.717) is 0 Å². The molecule has 0 atom stereocenters. The minimum atomic E-state index is 0.766. The number of hydrogen-bond acceptors (Lipinski definition) is 5. The predicted octanol–water partition coefficient (Wildman–Crippen LogP) is 2.68. The molecule has 6 heteroatoms. The zero-order chi connectivity index (χ0) is 13.4. The third-order valence-electron chi connectivity index (χ3n) is 3.65. The second kappa shape index (κ2) is 4.86. The fraction of sp³-hybridized carbons (Fsp3) is 0.357. The lowest BCUT2D eigenvalue weighted by molar-refractivity contribution is 0.697. The Hall–Kier alpha value is -1.95. The Kier molecular flexibility index (Phi) is 2.88. The highest BCUT2D eigenvalue weighted by Crippen LogP contribution is 2.29. The molecule has 0 radical (unpaired) electrons. The van der Waals surface area contributed by atoms with E-state index in [1.165, 1.54) is 30.6 Å². The summed E-state index contributed by atoms with van der Waals surface area (Å²) >= 11 is 1.94. The number of nitrogens with one attached hydrogen (secondary N) is 1. The van der Waals surface area contributed by atoms with Gasteiger partial charge in [-0.1, -0.05) is 0 Å². The standard InChI is InChI=1S/C14H15N5S/c1-2-4-12-10(3-1)7-11(20-12)8-15-13-5-6-14-17-16-9-19(14)18-13/h5-7,9H,1-4,8H2,(H,15,18). The maximum atomic E-state index is 4.42. The summed E-state index contributed by atoms with van der Waals surface area (Å²) in [6, 6.07) is 6.21. The van der Waals surface area contributed by atoms with E-state index in [9.17, 15) is 0 Å². The lowest BCUT2D eigenvalue weighted by Crippen LogP contribution is -2.02. The molecule has 3 aromatic heterocycles. The largest absolute Gasteiger partial charge is 0.364 e. The summed E-state index contributed by atoms with van der Waals surface area (Å²) in [4.78, 5) is 2.97. The van der Waals surface area contributed by atoms with Crippen LogP contribution in [0.2, 0.25) is 0 Å². The van der Waals surface area contributed by atoms with Gasteiger partial charge in [0.2, 0.25) is 0 Å². The van der Waals surface area contributed by atoms with Crippen molar-refractivity contribution in [3.05, 3.63) is 39.8 Å².